The summed E-state index contributed by atoms with van der Waals surface area (Å²) in [5.74, 6) is 2.81. The molecule has 9 heteroatoms. The Morgan fingerprint density at radius 1 is 1.19 bits per heavy atom. The molecule has 1 atom stereocenters. The molecule has 36 heavy (non-hydrogen) atoms. The van der Waals surface area contributed by atoms with Gasteiger partial charge in [0.25, 0.3) is 0 Å². The average Bonchev–Trinajstić information content (AvgIpc) is 3.32. The van der Waals surface area contributed by atoms with E-state index in [1.54, 1.807) is 7.11 Å². The summed E-state index contributed by atoms with van der Waals surface area (Å²) in [6.45, 7) is 6.30. The van der Waals surface area contributed by atoms with Crippen LogP contribution in [0.2, 0.25) is 0 Å². The molecule has 190 valence electrons. The molecule has 1 aromatic heterocycles. The van der Waals surface area contributed by atoms with Crippen molar-refractivity contribution >= 4 is 21.8 Å². The molecule has 1 unspecified atom stereocenters. The average molecular weight is 555 g/mol. The molecule has 2 aliphatic heterocycles. The van der Waals surface area contributed by atoms with Gasteiger partial charge in [0.2, 0.25) is 17.6 Å². The van der Waals surface area contributed by atoms with Crippen molar-refractivity contribution in [2.75, 3.05) is 20.2 Å². The highest BCUT2D eigenvalue weighted by Gasteiger charge is 2.36. The molecule has 0 bridgehead atoms. The van der Waals surface area contributed by atoms with Crippen LogP contribution in [0.3, 0.4) is 0 Å². The number of hydrogen-bond donors (Lipinski definition) is 1. The van der Waals surface area contributed by atoms with Crippen LogP contribution >= 0.6 is 15.9 Å². The number of rotatable bonds is 6. The second-order valence-corrected chi connectivity index (χ2v) is 11.0. The highest BCUT2D eigenvalue weighted by molar-refractivity contribution is 9.10. The number of halogens is 1. The normalized spacial score (nSPS) is 19.8. The highest BCUT2D eigenvalue weighted by Crippen LogP contribution is 2.41. The number of hydrogen-bond acceptors (Lipinski definition) is 7. The molecule has 0 saturated carbocycles. The molecular weight excluding hydrogens is 524 g/mol. The van der Waals surface area contributed by atoms with Crippen LogP contribution in [-0.4, -0.2) is 46.7 Å². The third-order valence-electron chi connectivity index (χ3n) is 6.88. The minimum atomic E-state index is -0.359. The summed E-state index contributed by atoms with van der Waals surface area (Å²) in [6.07, 6.45) is 2.28. The fourth-order valence-electron chi connectivity index (χ4n) is 4.96. The molecule has 1 amide bonds. The molecule has 0 radical (unpaired) electrons. The van der Waals surface area contributed by atoms with E-state index in [1.807, 2.05) is 42.5 Å². The summed E-state index contributed by atoms with van der Waals surface area (Å²) in [5.41, 5.74) is 1.53. The van der Waals surface area contributed by atoms with Crippen LogP contribution in [0.5, 0.6) is 11.5 Å². The van der Waals surface area contributed by atoms with Crippen molar-refractivity contribution in [3.8, 4) is 22.9 Å². The van der Waals surface area contributed by atoms with Crippen molar-refractivity contribution < 1.29 is 18.8 Å². The van der Waals surface area contributed by atoms with Gasteiger partial charge in [0.15, 0.2) is 0 Å². The number of methoxy groups -OCH3 is 1. The second-order valence-electron chi connectivity index (χ2n) is 10.1. The van der Waals surface area contributed by atoms with Crippen LogP contribution in [0.1, 0.15) is 50.6 Å². The molecule has 3 aromatic rings. The summed E-state index contributed by atoms with van der Waals surface area (Å²) in [6, 6.07) is 13.5. The van der Waals surface area contributed by atoms with Gasteiger partial charge in [-0.15, -0.1) is 0 Å². The molecule has 1 fully saturated rings. The van der Waals surface area contributed by atoms with Crippen LogP contribution in [0.4, 0.5) is 0 Å². The molecule has 2 aromatic carbocycles. The zero-order chi connectivity index (χ0) is 25.3. The number of carbonyl (C=O) groups is 1. The summed E-state index contributed by atoms with van der Waals surface area (Å²) >= 11 is 3.44. The molecule has 0 aliphatic carbocycles. The van der Waals surface area contributed by atoms with E-state index in [2.05, 4.69) is 50.1 Å². The Bertz CT molecular complexity index is 1220. The van der Waals surface area contributed by atoms with E-state index in [0.29, 0.717) is 24.7 Å². The number of benzene rings is 2. The number of carbonyl (C=O) groups excluding carboxylic acids is 1. The predicted octanol–water partition coefficient (Wildman–Crippen LogP) is 5.14. The number of piperidine rings is 1. The number of amides is 1. The standard InChI is InChI=1S/C27H31BrN4O4/c1-27(2)15-22(21-14-20(34-3)8-9-23(21)35-27)29-26(33)18-10-12-32(13-11-18)16-24-30-25(31-36-24)17-4-6-19(28)7-5-17/h4-9,14,18,22H,10-13,15-16H2,1-3H3,(H,29,33). The van der Waals surface area contributed by atoms with Gasteiger partial charge in [-0.1, -0.05) is 21.1 Å². The van der Waals surface area contributed by atoms with Crippen LogP contribution in [0, 0.1) is 5.92 Å². The lowest BCUT2D eigenvalue weighted by Crippen LogP contribution is -2.45. The van der Waals surface area contributed by atoms with Crippen molar-refractivity contribution in [3.05, 3.63) is 58.4 Å². The van der Waals surface area contributed by atoms with Gasteiger partial charge in [0, 0.05) is 27.9 Å². The van der Waals surface area contributed by atoms with Crippen molar-refractivity contribution in [3.63, 3.8) is 0 Å². The fraction of sp³-hybridized carbons (Fsp3) is 0.444. The van der Waals surface area contributed by atoms with E-state index in [0.717, 1.165) is 53.0 Å². The number of nitrogens with zero attached hydrogens (tertiary/aromatic N) is 3. The molecular formula is C27H31BrN4O4. The first-order chi connectivity index (χ1) is 17.3. The third kappa shape index (κ3) is 5.57. The zero-order valence-corrected chi connectivity index (χ0v) is 22.4. The molecule has 5 rings (SSSR count). The maximum atomic E-state index is 13.2. The van der Waals surface area contributed by atoms with E-state index in [1.165, 1.54) is 0 Å². The van der Waals surface area contributed by atoms with Gasteiger partial charge < -0.3 is 19.3 Å². The predicted molar refractivity (Wildman–Crippen MR) is 139 cm³/mol. The van der Waals surface area contributed by atoms with Crippen LogP contribution < -0.4 is 14.8 Å². The fourth-order valence-corrected chi connectivity index (χ4v) is 5.22. The Morgan fingerprint density at radius 2 is 1.94 bits per heavy atom. The number of aromatic nitrogens is 2. The van der Waals surface area contributed by atoms with Gasteiger partial charge in [-0.3, -0.25) is 9.69 Å². The zero-order valence-electron chi connectivity index (χ0n) is 20.8. The lowest BCUT2D eigenvalue weighted by molar-refractivity contribution is -0.127. The van der Waals surface area contributed by atoms with E-state index < -0.39 is 0 Å². The SMILES string of the molecule is COc1ccc2c(c1)C(NC(=O)C1CCN(Cc3nc(-c4ccc(Br)cc4)no3)CC1)CC(C)(C)O2. The summed E-state index contributed by atoms with van der Waals surface area (Å²) in [4.78, 5) is 20.1. The van der Waals surface area contributed by atoms with Gasteiger partial charge >= 0.3 is 0 Å². The van der Waals surface area contributed by atoms with Crippen molar-refractivity contribution in [2.24, 2.45) is 5.92 Å². The lowest BCUT2D eigenvalue weighted by Gasteiger charge is -2.39. The van der Waals surface area contributed by atoms with Crippen molar-refractivity contribution in [1.29, 1.82) is 0 Å². The molecule has 3 heterocycles. The van der Waals surface area contributed by atoms with Gasteiger partial charge in [0.1, 0.15) is 17.1 Å². The number of fused-ring (bicyclic) bond motifs is 1. The number of nitrogens with one attached hydrogen (secondary N) is 1. The molecule has 1 N–H and O–H groups in total. The first-order valence-electron chi connectivity index (χ1n) is 12.3. The quantitative estimate of drug-likeness (QED) is 0.451. The number of likely N-dealkylation sites (tertiary alicyclic amines) is 1. The second kappa shape index (κ2) is 10.2. The topological polar surface area (TPSA) is 89.7 Å². The Kier molecular flexibility index (Phi) is 7.03. The maximum Gasteiger partial charge on any atom is 0.241 e. The Morgan fingerprint density at radius 3 is 2.67 bits per heavy atom. The summed E-state index contributed by atoms with van der Waals surface area (Å²) in [5, 5.41) is 7.43. The van der Waals surface area contributed by atoms with E-state index in [4.69, 9.17) is 14.0 Å². The van der Waals surface area contributed by atoms with Crippen molar-refractivity contribution in [2.45, 2.75) is 51.3 Å². The smallest absolute Gasteiger partial charge is 0.241 e. The Hall–Kier alpha value is -2.91. The largest absolute Gasteiger partial charge is 0.497 e. The first kappa shape index (κ1) is 24.8. The van der Waals surface area contributed by atoms with Gasteiger partial charge in [-0.25, -0.2) is 0 Å². The van der Waals surface area contributed by atoms with Crippen LogP contribution in [-0.2, 0) is 11.3 Å². The Balaban J connectivity index is 1.17. The van der Waals surface area contributed by atoms with Crippen molar-refractivity contribution in [1.82, 2.24) is 20.4 Å². The molecule has 2 aliphatic rings. The molecule has 0 spiro atoms. The Labute approximate surface area is 219 Å². The number of ether oxygens (including phenoxy) is 2. The van der Waals surface area contributed by atoms with Crippen LogP contribution in [0.25, 0.3) is 11.4 Å². The monoisotopic (exact) mass is 554 g/mol. The minimum absolute atomic E-state index is 0.0257. The van der Waals surface area contributed by atoms with E-state index >= 15 is 0 Å². The lowest BCUT2D eigenvalue weighted by atomic mass is 9.88. The maximum absolute atomic E-state index is 13.2. The minimum Gasteiger partial charge on any atom is -0.497 e. The van der Waals surface area contributed by atoms with Gasteiger partial charge in [-0.2, -0.15) is 4.98 Å². The summed E-state index contributed by atoms with van der Waals surface area (Å²) in [7, 11) is 1.65. The van der Waals surface area contributed by atoms with E-state index in [9.17, 15) is 4.79 Å². The van der Waals surface area contributed by atoms with E-state index in [-0.39, 0.29) is 23.5 Å². The first-order valence-corrected chi connectivity index (χ1v) is 13.1. The molecule has 8 nitrogen and oxygen atoms in total. The third-order valence-corrected chi connectivity index (χ3v) is 7.41. The summed E-state index contributed by atoms with van der Waals surface area (Å²) < 4.78 is 18.0. The van der Waals surface area contributed by atoms with Gasteiger partial charge in [-0.05, 0) is 82.2 Å². The van der Waals surface area contributed by atoms with Crippen LogP contribution in [0.15, 0.2) is 51.5 Å². The highest BCUT2D eigenvalue weighted by atomic mass is 79.9. The van der Waals surface area contributed by atoms with Gasteiger partial charge in [0.05, 0.1) is 19.7 Å². The molecule has 1 saturated heterocycles.